The monoisotopic (exact) mass is 242 g/mol. The van der Waals surface area contributed by atoms with Crippen LogP contribution >= 0.6 is 0 Å². The Balaban J connectivity index is 2.51. The van der Waals surface area contributed by atoms with Crippen LogP contribution in [0.15, 0.2) is 0 Å². The van der Waals surface area contributed by atoms with E-state index in [0.29, 0.717) is 12.5 Å². The zero-order valence-corrected chi connectivity index (χ0v) is 10.6. The molecule has 0 aliphatic heterocycles. The van der Waals surface area contributed by atoms with E-state index in [1.54, 1.807) is 7.05 Å². The van der Waals surface area contributed by atoms with Crippen molar-refractivity contribution >= 4 is 11.9 Å². The third kappa shape index (κ3) is 3.43. The Morgan fingerprint density at radius 3 is 2.29 bits per heavy atom. The number of carbonyl (C=O) groups is 2. The Hall–Kier alpha value is -1.10. The normalized spacial score (nSPS) is 26.3. The summed E-state index contributed by atoms with van der Waals surface area (Å²) in [7, 11) is 1.57. The van der Waals surface area contributed by atoms with Crippen molar-refractivity contribution in [3.8, 4) is 0 Å². The maximum Gasteiger partial charge on any atom is 0.326 e. The van der Waals surface area contributed by atoms with Crippen molar-refractivity contribution in [2.75, 3.05) is 13.6 Å². The number of aliphatic carboxylic acids is 1. The molecule has 0 aromatic carbocycles. The summed E-state index contributed by atoms with van der Waals surface area (Å²) in [6.45, 7) is 2.22. The molecule has 1 aliphatic carbocycles. The highest BCUT2D eigenvalue weighted by Gasteiger charge is 2.31. The molecule has 0 aromatic heterocycles. The minimum atomic E-state index is -0.962. The molecule has 0 radical (unpaired) electrons. The van der Waals surface area contributed by atoms with Crippen LogP contribution in [0.5, 0.6) is 0 Å². The Morgan fingerprint density at radius 2 is 1.88 bits per heavy atom. The van der Waals surface area contributed by atoms with Gasteiger partial charge in [0.15, 0.2) is 0 Å². The van der Waals surface area contributed by atoms with Crippen LogP contribution < -0.4 is 5.73 Å². The third-order valence-electron chi connectivity index (χ3n) is 3.82. The lowest BCUT2D eigenvalue weighted by Crippen LogP contribution is -2.44. The van der Waals surface area contributed by atoms with Gasteiger partial charge in [0.2, 0.25) is 5.91 Å². The zero-order chi connectivity index (χ0) is 13.0. The van der Waals surface area contributed by atoms with E-state index in [0.717, 1.165) is 25.7 Å². The maximum absolute atomic E-state index is 12.1. The van der Waals surface area contributed by atoms with Crippen molar-refractivity contribution in [3.05, 3.63) is 0 Å². The van der Waals surface area contributed by atoms with Crippen molar-refractivity contribution in [2.45, 2.75) is 38.6 Å². The molecule has 1 fully saturated rings. The van der Waals surface area contributed by atoms with E-state index >= 15 is 0 Å². The summed E-state index contributed by atoms with van der Waals surface area (Å²) in [6, 6.07) is -0.755. The average Bonchev–Trinajstić information content (AvgIpc) is 2.36. The van der Waals surface area contributed by atoms with Crippen molar-refractivity contribution in [1.29, 1.82) is 0 Å². The number of nitrogens with zero attached hydrogens (tertiary/aromatic N) is 1. The molecule has 0 heterocycles. The topological polar surface area (TPSA) is 83.6 Å². The van der Waals surface area contributed by atoms with Crippen LogP contribution in [0.2, 0.25) is 0 Å². The van der Waals surface area contributed by atoms with Crippen LogP contribution in [0.4, 0.5) is 0 Å². The summed E-state index contributed by atoms with van der Waals surface area (Å²) >= 11 is 0. The summed E-state index contributed by atoms with van der Waals surface area (Å²) in [5.74, 6) is -0.502. The summed E-state index contributed by atoms with van der Waals surface area (Å²) in [4.78, 5) is 24.2. The average molecular weight is 242 g/mol. The molecule has 0 saturated heterocycles. The first-order valence-electron chi connectivity index (χ1n) is 6.17. The molecule has 0 bridgehead atoms. The SMILES string of the molecule is CC(C(=O)O)N(C)C(=O)C1CCC(CN)CC1. The van der Waals surface area contributed by atoms with Crippen LogP contribution in [-0.4, -0.2) is 41.5 Å². The highest BCUT2D eigenvalue weighted by atomic mass is 16.4. The minimum absolute atomic E-state index is 0.0235. The van der Waals surface area contributed by atoms with Crippen molar-refractivity contribution < 1.29 is 14.7 Å². The van der Waals surface area contributed by atoms with Crippen molar-refractivity contribution in [1.82, 2.24) is 4.90 Å². The number of likely N-dealkylation sites (N-methyl/N-ethyl adjacent to an activating group) is 1. The van der Waals surface area contributed by atoms with Gasteiger partial charge in [-0.1, -0.05) is 0 Å². The first kappa shape index (κ1) is 14.0. The van der Waals surface area contributed by atoms with Gasteiger partial charge in [-0.15, -0.1) is 0 Å². The van der Waals surface area contributed by atoms with Gasteiger partial charge in [0.1, 0.15) is 6.04 Å². The molecule has 0 spiro atoms. The molecular weight excluding hydrogens is 220 g/mol. The van der Waals surface area contributed by atoms with Crippen molar-refractivity contribution in [3.63, 3.8) is 0 Å². The number of rotatable bonds is 4. The van der Waals surface area contributed by atoms with Gasteiger partial charge in [0.05, 0.1) is 0 Å². The number of nitrogens with two attached hydrogens (primary N) is 1. The highest BCUT2D eigenvalue weighted by molar-refractivity contribution is 5.84. The molecule has 98 valence electrons. The number of amides is 1. The van der Waals surface area contributed by atoms with E-state index < -0.39 is 12.0 Å². The second kappa shape index (κ2) is 6.00. The van der Waals surface area contributed by atoms with Crippen LogP contribution in [0.3, 0.4) is 0 Å². The fourth-order valence-electron chi connectivity index (χ4n) is 2.29. The first-order valence-corrected chi connectivity index (χ1v) is 6.17. The number of carbonyl (C=O) groups excluding carboxylic acids is 1. The summed E-state index contributed by atoms with van der Waals surface area (Å²) in [5.41, 5.74) is 5.60. The van der Waals surface area contributed by atoms with Gasteiger partial charge in [0.25, 0.3) is 0 Å². The van der Waals surface area contributed by atoms with Gasteiger partial charge in [-0.05, 0) is 45.1 Å². The molecule has 1 unspecified atom stereocenters. The fraction of sp³-hybridized carbons (Fsp3) is 0.833. The van der Waals surface area contributed by atoms with E-state index in [4.69, 9.17) is 10.8 Å². The lowest BCUT2D eigenvalue weighted by Gasteiger charge is -2.31. The third-order valence-corrected chi connectivity index (χ3v) is 3.82. The smallest absolute Gasteiger partial charge is 0.326 e. The number of hydrogen-bond donors (Lipinski definition) is 2. The van der Waals surface area contributed by atoms with Crippen LogP contribution in [0.1, 0.15) is 32.6 Å². The molecule has 1 rings (SSSR count). The molecular formula is C12H22N2O3. The highest BCUT2D eigenvalue weighted by Crippen LogP contribution is 2.29. The molecule has 1 amide bonds. The number of carboxylic acid groups (broad SMARTS) is 1. The summed E-state index contributed by atoms with van der Waals surface area (Å²) in [6.07, 6.45) is 3.61. The van der Waals surface area contributed by atoms with Crippen molar-refractivity contribution in [2.24, 2.45) is 17.6 Å². The molecule has 5 nitrogen and oxygen atoms in total. The number of carboxylic acids is 1. The van der Waals surface area contributed by atoms with E-state index in [2.05, 4.69) is 0 Å². The minimum Gasteiger partial charge on any atom is -0.480 e. The van der Waals surface area contributed by atoms with Gasteiger partial charge >= 0.3 is 5.97 Å². The molecule has 1 saturated carbocycles. The van der Waals surface area contributed by atoms with Crippen LogP contribution in [0, 0.1) is 11.8 Å². The second-order valence-electron chi connectivity index (χ2n) is 4.92. The van der Waals surface area contributed by atoms with E-state index in [1.807, 2.05) is 0 Å². The lowest BCUT2D eigenvalue weighted by atomic mass is 9.81. The quantitative estimate of drug-likeness (QED) is 0.759. The molecule has 1 aliphatic rings. The lowest BCUT2D eigenvalue weighted by molar-refractivity contribution is -0.150. The Labute approximate surface area is 102 Å². The molecule has 5 heteroatoms. The first-order chi connectivity index (χ1) is 7.97. The van der Waals surface area contributed by atoms with Gasteiger partial charge in [-0.3, -0.25) is 4.79 Å². The predicted octanol–water partition coefficient (Wildman–Crippen LogP) is 0.683. The standard InChI is InChI=1S/C12H22N2O3/c1-8(12(16)17)14(2)11(15)10-5-3-9(7-13)4-6-10/h8-10H,3-7,13H2,1-2H3,(H,16,17). The fourth-order valence-corrected chi connectivity index (χ4v) is 2.29. The second-order valence-corrected chi connectivity index (χ2v) is 4.92. The molecule has 17 heavy (non-hydrogen) atoms. The van der Waals surface area contributed by atoms with Gasteiger partial charge in [0, 0.05) is 13.0 Å². The summed E-state index contributed by atoms with van der Waals surface area (Å²) in [5, 5.41) is 8.87. The Bertz CT molecular complexity index is 285. The van der Waals surface area contributed by atoms with E-state index in [-0.39, 0.29) is 11.8 Å². The molecule has 0 aromatic rings. The van der Waals surface area contributed by atoms with Gasteiger partial charge in [-0.25, -0.2) is 4.79 Å². The maximum atomic E-state index is 12.1. The Morgan fingerprint density at radius 1 is 1.35 bits per heavy atom. The van der Waals surface area contributed by atoms with E-state index in [1.165, 1.54) is 11.8 Å². The van der Waals surface area contributed by atoms with Gasteiger partial charge in [-0.2, -0.15) is 0 Å². The Kier molecular flexibility index (Phi) is 4.93. The summed E-state index contributed by atoms with van der Waals surface area (Å²) < 4.78 is 0. The molecule has 3 N–H and O–H groups in total. The van der Waals surface area contributed by atoms with Gasteiger partial charge < -0.3 is 15.7 Å². The molecule has 1 atom stereocenters. The predicted molar refractivity (Wildman–Crippen MR) is 64.4 cm³/mol. The zero-order valence-electron chi connectivity index (χ0n) is 10.6. The van der Waals surface area contributed by atoms with E-state index in [9.17, 15) is 9.59 Å². The van der Waals surface area contributed by atoms with Crippen LogP contribution in [0.25, 0.3) is 0 Å². The largest absolute Gasteiger partial charge is 0.480 e. The number of hydrogen-bond acceptors (Lipinski definition) is 3. The van der Waals surface area contributed by atoms with Crippen LogP contribution in [-0.2, 0) is 9.59 Å².